The zero-order valence-corrected chi connectivity index (χ0v) is 9.27. The predicted molar refractivity (Wildman–Crippen MR) is 59.7 cm³/mol. The number of para-hydroxylation sites is 2. The highest BCUT2D eigenvalue weighted by atomic mass is 19.4. The van der Waals surface area contributed by atoms with Crippen LogP contribution in [0.5, 0.6) is 5.75 Å². The van der Waals surface area contributed by atoms with E-state index in [-0.39, 0.29) is 5.75 Å². The van der Waals surface area contributed by atoms with E-state index >= 15 is 0 Å². The second-order valence-electron chi connectivity index (χ2n) is 3.15. The fourth-order valence-corrected chi connectivity index (χ4v) is 1.21. The Labute approximate surface area is 97.8 Å². The van der Waals surface area contributed by atoms with Crippen LogP contribution in [-0.4, -0.2) is 12.9 Å². The summed E-state index contributed by atoms with van der Waals surface area (Å²) in [7, 11) is 0. The highest BCUT2D eigenvalue weighted by Gasteiger charge is 2.31. The smallest absolute Gasteiger partial charge is 0.404 e. The third-order valence-corrected chi connectivity index (χ3v) is 1.85. The number of rotatable bonds is 4. The number of nitrogens with one attached hydrogen (secondary N) is 1. The average Bonchev–Trinajstić information content (AvgIpc) is 2.24. The van der Waals surface area contributed by atoms with E-state index in [2.05, 4.69) is 21.9 Å². The van der Waals surface area contributed by atoms with Crippen molar-refractivity contribution in [1.29, 1.82) is 0 Å². The van der Waals surface area contributed by atoms with Gasteiger partial charge in [-0.2, -0.15) is 0 Å². The van der Waals surface area contributed by atoms with Crippen molar-refractivity contribution < 1.29 is 17.9 Å². The second kappa shape index (κ2) is 6.04. The van der Waals surface area contributed by atoms with Crippen molar-refractivity contribution in [1.82, 2.24) is 0 Å². The molecule has 0 heterocycles. The molecular formula is C12H12F3NO. The van der Waals surface area contributed by atoms with Gasteiger partial charge < -0.3 is 10.1 Å². The molecule has 1 N–H and O–H groups in total. The maximum absolute atomic E-state index is 12.1. The number of hydrogen-bond donors (Lipinski definition) is 1. The molecule has 0 saturated carbocycles. The average molecular weight is 243 g/mol. The molecule has 5 heteroatoms. The van der Waals surface area contributed by atoms with Gasteiger partial charge in [-0.15, -0.1) is 25.0 Å². The Kier molecular flexibility index (Phi) is 4.70. The van der Waals surface area contributed by atoms with Gasteiger partial charge in [0, 0.05) is 13.0 Å². The third kappa shape index (κ3) is 5.16. The maximum Gasteiger partial charge on any atom is 0.573 e. The van der Waals surface area contributed by atoms with Crippen LogP contribution in [0.2, 0.25) is 0 Å². The lowest BCUT2D eigenvalue weighted by molar-refractivity contribution is -0.274. The van der Waals surface area contributed by atoms with Crippen LogP contribution in [0, 0.1) is 11.8 Å². The lowest BCUT2D eigenvalue weighted by Crippen LogP contribution is -2.18. The molecule has 0 fully saturated rings. The van der Waals surface area contributed by atoms with Crippen LogP contribution < -0.4 is 10.1 Å². The summed E-state index contributed by atoms with van der Waals surface area (Å²) in [6.07, 6.45) is -4.11. The lowest BCUT2D eigenvalue weighted by atomic mass is 10.3. The number of alkyl halides is 3. The molecule has 0 radical (unpaired) electrons. The van der Waals surface area contributed by atoms with E-state index in [4.69, 9.17) is 0 Å². The summed E-state index contributed by atoms with van der Waals surface area (Å²) in [5.74, 6) is 5.28. The van der Waals surface area contributed by atoms with E-state index in [1.54, 1.807) is 13.0 Å². The van der Waals surface area contributed by atoms with Gasteiger partial charge in [-0.1, -0.05) is 12.1 Å². The number of ether oxygens (including phenoxy) is 1. The first-order valence-corrected chi connectivity index (χ1v) is 5.01. The standard InChI is InChI=1S/C12H12F3NO/c1-2-3-6-9-16-10-7-4-5-8-11(10)17-12(13,14)15/h4-5,7-8,16H,6,9H2,1H3. The van der Waals surface area contributed by atoms with E-state index in [0.717, 1.165) is 0 Å². The Morgan fingerprint density at radius 2 is 2.00 bits per heavy atom. The normalized spacial score (nSPS) is 10.4. The van der Waals surface area contributed by atoms with Crippen LogP contribution in [0.15, 0.2) is 24.3 Å². The zero-order valence-electron chi connectivity index (χ0n) is 9.27. The van der Waals surface area contributed by atoms with E-state index in [1.165, 1.54) is 18.2 Å². The minimum atomic E-state index is -4.68. The summed E-state index contributed by atoms with van der Waals surface area (Å²) < 4.78 is 40.2. The van der Waals surface area contributed by atoms with Gasteiger partial charge in [0.1, 0.15) is 0 Å². The van der Waals surface area contributed by atoms with Crippen molar-refractivity contribution >= 4 is 5.69 Å². The minimum Gasteiger partial charge on any atom is -0.404 e. The second-order valence-corrected chi connectivity index (χ2v) is 3.15. The Hall–Kier alpha value is -1.83. The van der Waals surface area contributed by atoms with Crippen molar-refractivity contribution in [3.63, 3.8) is 0 Å². The van der Waals surface area contributed by atoms with Gasteiger partial charge in [0.25, 0.3) is 0 Å². The van der Waals surface area contributed by atoms with Gasteiger partial charge in [-0.05, 0) is 19.1 Å². The van der Waals surface area contributed by atoms with E-state index in [9.17, 15) is 13.2 Å². The summed E-state index contributed by atoms with van der Waals surface area (Å²) in [4.78, 5) is 0. The molecule has 1 aromatic rings. The fourth-order valence-electron chi connectivity index (χ4n) is 1.21. The Morgan fingerprint density at radius 3 is 2.65 bits per heavy atom. The van der Waals surface area contributed by atoms with Gasteiger partial charge in [0.05, 0.1) is 5.69 Å². The molecule has 92 valence electrons. The zero-order chi connectivity index (χ0) is 12.7. The number of hydrogen-bond acceptors (Lipinski definition) is 2. The van der Waals surface area contributed by atoms with Crippen molar-refractivity contribution in [3.8, 4) is 17.6 Å². The first-order chi connectivity index (χ1) is 8.03. The Bertz CT molecular complexity index is 418. The molecule has 0 amide bonds. The molecule has 1 aromatic carbocycles. The molecular weight excluding hydrogens is 231 g/mol. The molecule has 0 atom stereocenters. The summed E-state index contributed by atoms with van der Waals surface area (Å²) in [5.41, 5.74) is 0.308. The molecule has 0 aromatic heterocycles. The maximum atomic E-state index is 12.1. The first-order valence-electron chi connectivity index (χ1n) is 5.01. The topological polar surface area (TPSA) is 21.3 Å². The molecule has 0 spiro atoms. The SMILES string of the molecule is CC#CCCNc1ccccc1OC(F)(F)F. The van der Waals surface area contributed by atoms with Gasteiger partial charge >= 0.3 is 6.36 Å². The Morgan fingerprint density at radius 1 is 1.29 bits per heavy atom. The van der Waals surface area contributed by atoms with Gasteiger partial charge in [-0.25, -0.2) is 0 Å². The first kappa shape index (κ1) is 13.2. The lowest BCUT2D eigenvalue weighted by Gasteiger charge is -2.13. The predicted octanol–water partition coefficient (Wildman–Crippen LogP) is 3.41. The van der Waals surface area contributed by atoms with E-state index < -0.39 is 6.36 Å². The third-order valence-electron chi connectivity index (χ3n) is 1.85. The van der Waals surface area contributed by atoms with Crippen molar-refractivity contribution in [2.45, 2.75) is 19.7 Å². The molecule has 1 rings (SSSR count). The monoisotopic (exact) mass is 243 g/mol. The van der Waals surface area contributed by atoms with Gasteiger partial charge in [0.2, 0.25) is 0 Å². The van der Waals surface area contributed by atoms with Crippen LogP contribution in [0.3, 0.4) is 0 Å². The van der Waals surface area contributed by atoms with E-state index in [1.807, 2.05) is 0 Å². The molecule has 17 heavy (non-hydrogen) atoms. The van der Waals surface area contributed by atoms with Crippen LogP contribution in [0.25, 0.3) is 0 Å². The fraction of sp³-hybridized carbons (Fsp3) is 0.333. The van der Waals surface area contributed by atoms with Crippen LogP contribution in [-0.2, 0) is 0 Å². The molecule has 0 aliphatic heterocycles. The summed E-state index contributed by atoms with van der Waals surface area (Å²) in [6.45, 7) is 2.18. The van der Waals surface area contributed by atoms with E-state index in [0.29, 0.717) is 18.7 Å². The molecule has 0 saturated heterocycles. The highest BCUT2D eigenvalue weighted by molar-refractivity contribution is 5.56. The van der Waals surface area contributed by atoms with Crippen LogP contribution in [0.4, 0.5) is 18.9 Å². The van der Waals surface area contributed by atoms with Crippen LogP contribution >= 0.6 is 0 Å². The molecule has 2 nitrogen and oxygen atoms in total. The number of halogens is 3. The van der Waals surface area contributed by atoms with Gasteiger partial charge in [0.15, 0.2) is 5.75 Å². The summed E-state index contributed by atoms with van der Waals surface area (Å²) in [6, 6.07) is 5.91. The summed E-state index contributed by atoms with van der Waals surface area (Å²) in [5, 5.41) is 2.84. The largest absolute Gasteiger partial charge is 0.573 e. The molecule has 0 unspecified atom stereocenters. The molecule has 0 aliphatic carbocycles. The van der Waals surface area contributed by atoms with Crippen molar-refractivity contribution in [2.24, 2.45) is 0 Å². The summed E-state index contributed by atoms with van der Waals surface area (Å²) >= 11 is 0. The molecule has 0 bridgehead atoms. The number of anilines is 1. The number of benzene rings is 1. The quantitative estimate of drug-likeness (QED) is 0.646. The van der Waals surface area contributed by atoms with Crippen LogP contribution in [0.1, 0.15) is 13.3 Å². The van der Waals surface area contributed by atoms with Crippen molar-refractivity contribution in [2.75, 3.05) is 11.9 Å². The minimum absolute atomic E-state index is 0.232. The molecule has 0 aliphatic rings. The highest BCUT2D eigenvalue weighted by Crippen LogP contribution is 2.29. The van der Waals surface area contributed by atoms with Gasteiger partial charge in [-0.3, -0.25) is 0 Å². The Balaban J connectivity index is 2.66. The van der Waals surface area contributed by atoms with Crippen molar-refractivity contribution in [3.05, 3.63) is 24.3 Å².